The summed E-state index contributed by atoms with van der Waals surface area (Å²) in [6.07, 6.45) is 0. The monoisotopic (exact) mass is 340 g/mol. The smallest absolute Gasteiger partial charge is 0.251 e. The first-order valence-corrected chi connectivity index (χ1v) is 7.79. The second-order valence-corrected chi connectivity index (χ2v) is 6.06. The maximum Gasteiger partial charge on any atom is 0.251 e. The van der Waals surface area contributed by atoms with Crippen LogP contribution in [0, 0.1) is 25.5 Å². The number of aromatic nitrogens is 1. The summed E-state index contributed by atoms with van der Waals surface area (Å²) in [7, 11) is 0. The van der Waals surface area contributed by atoms with Gasteiger partial charge in [-0.1, -0.05) is 5.16 Å². The number of carbonyl (C=O) groups is 1. The van der Waals surface area contributed by atoms with E-state index >= 15 is 0 Å². The van der Waals surface area contributed by atoms with Crippen LogP contribution >= 0.6 is 0 Å². The molecule has 126 valence electrons. The number of hydrogen-bond acceptors (Lipinski definition) is 3. The van der Waals surface area contributed by atoms with Gasteiger partial charge in [-0.25, -0.2) is 8.78 Å². The number of aryl methyl sites for hydroxylation is 2. The minimum Gasteiger partial charge on any atom is -0.361 e. The number of fused-ring (bicyclic) bond motifs is 1. The second kappa shape index (κ2) is 5.51. The Hall–Kier alpha value is -3.02. The Morgan fingerprint density at radius 3 is 2.52 bits per heavy atom. The van der Waals surface area contributed by atoms with Crippen molar-refractivity contribution in [3.63, 3.8) is 0 Å². The van der Waals surface area contributed by atoms with Gasteiger partial charge < -0.3 is 9.84 Å². The zero-order valence-electron chi connectivity index (χ0n) is 13.6. The molecule has 0 fully saturated rings. The number of halogens is 2. The van der Waals surface area contributed by atoms with Crippen LogP contribution in [0.15, 0.2) is 34.9 Å². The highest BCUT2D eigenvalue weighted by Crippen LogP contribution is 2.39. The number of hydrogen-bond donors (Lipinski definition) is 1. The summed E-state index contributed by atoms with van der Waals surface area (Å²) >= 11 is 0. The lowest BCUT2D eigenvalue weighted by molar-refractivity contribution is 0.0966. The van der Waals surface area contributed by atoms with Gasteiger partial charge in [0.1, 0.15) is 17.4 Å². The third-order valence-electron chi connectivity index (χ3n) is 4.45. The van der Waals surface area contributed by atoms with Gasteiger partial charge in [-0.2, -0.15) is 0 Å². The van der Waals surface area contributed by atoms with Crippen LogP contribution in [0.3, 0.4) is 0 Å². The van der Waals surface area contributed by atoms with E-state index in [9.17, 15) is 13.6 Å². The fraction of sp³-hybridized carbons (Fsp3) is 0.158. The summed E-state index contributed by atoms with van der Waals surface area (Å²) < 4.78 is 33.0. The summed E-state index contributed by atoms with van der Waals surface area (Å²) in [5.41, 5.74) is 4.17. The topological polar surface area (TPSA) is 55.1 Å². The minimum absolute atomic E-state index is 0.205. The van der Waals surface area contributed by atoms with Crippen molar-refractivity contribution < 1.29 is 18.1 Å². The van der Waals surface area contributed by atoms with Crippen molar-refractivity contribution in [2.75, 3.05) is 0 Å². The van der Waals surface area contributed by atoms with Crippen molar-refractivity contribution in [2.24, 2.45) is 0 Å². The molecule has 3 aromatic rings. The molecule has 4 rings (SSSR count). The Kier molecular flexibility index (Phi) is 3.42. The molecule has 1 amide bonds. The number of rotatable bonds is 2. The van der Waals surface area contributed by atoms with Gasteiger partial charge in [-0.05, 0) is 54.8 Å². The van der Waals surface area contributed by atoms with Gasteiger partial charge in [0.25, 0.3) is 5.91 Å². The van der Waals surface area contributed by atoms with Crippen molar-refractivity contribution >= 4 is 5.91 Å². The van der Waals surface area contributed by atoms with Gasteiger partial charge in [-0.15, -0.1) is 0 Å². The Balaban J connectivity index is 2.05. The third-order valence-corrected chi connectivity index (χ3v) is 4.45. The van der Waals surface area contributed by atoms with E-state index in [4.69, 9.17) is 4.52 Å². The van der Waals surface area contributed by atoms with E-state index in [-0.39, 0.29) is 11.5 Å². The number of nitrogens with one attached hydrogen (secondary N) is 1. The zero-order chi connectivity index (χ0) is 17.7. The lowest BCUT2D eigenvalue weighted by Crippen LogP contribution is -2.12. The Morgan fingerprint density at radius 2 is 1.84 bits per heavy atom. The molecular weight excluding hydrogens is 326 g/mol. The first-order valence-electron chi connectivity index (χ1n) is 7.79. The van der Waals surface area contributed by atoms with Crippen molar-refractivity contribution in [3.8, 4) is 22.3 Å². The van der Waals surface area contributed by atoms with Crippen LogP contribution in [-0.4, -0.2) is 11.1 Å². The average molecular weight is 340 g/mol. The van der Waals surface area contributed by atoms with Crippen LogP contribution in [0.25, 0.3) is 22.3 Å². The van der Waals surface area contributed by atoms with Crippen LogP contribution in [0.1, 0.15) is 27.4 Å². The molecule has 0 atom stereocenters. The molecule has 0 radical (unpaired) electrons. The molecule has 25 heavy (non-hydrogen) atoms. The van der Waals surface area contributed by atoms with Gasteiger partial charge in [0, 0.05) is 29.3 Å². The summed E-state index contributed by atoms with van der Waals surface area (Å²) in [6.45, 7) is 3.99. The number of nitrogens with zero attached hydrogens (tertiary/aromatic N) is 1. The van der Waals surface area contributed by atoms with Gasteiger partial charge in [0.15, 0.2) is 0 Å². The normalized spacial score (nSPS) is 13.0. The molecule has 0 bridgehead atoms. The first-order chi connectivity index (χ1) is 12.0. The van der Waals surface area contributed by atoms with Crippen molar-refractivity contribution in [3.05, 3.63) is 64.5 Å². The zero-order valence-corrected chi connectivity index (χ0v) is 13.6. The van der Waals surface area contributed by atoms with Crippen molar-refractivity contribution in [1.82, 2.24) is 10.5 Å². The number of carbonyl (C=O) groups excluding carboxylic acids is 1. The lowest BCUT2D eigenvalue weighted by Gasteiger charge is -2.13. The average Bonchev–Trinajstić information content (AvgIpc) is 3.09. The first kappa shape index (κ1) is 15.5. The SMILES string of the molecule is Cc1noc(C)c1-c1cc2c(cc1-c1ccc(F)cc1F)C(=O)NC2. The van der Waals surface area contributed by atoms with Crippen LogP contribution in [0.4, 0.5) is 8.78 Å². The molecule has 1 aliphatic rings. The number of amides is 1. The molecule has 0 aliphatic carbocycles. The fourth-order valence-corrected chi connectivity index (χ4v) is 3.28. The van der Waals surface area contributed by atoms with E-state index in [1.54, 1.807) is 19.9 Å². The molecule has 0 unspecified atom stereocenters. The minimum atomic E-state index is -0.689. The summed E-state index contributed by atoms with van der Waals surface area (Å²) in [4.78, 5) is 12.0. The highest BCUT2D eigenvalue weighted by atomic mass is 19.1. The van der Waals surface area contributed by atoms with Crippen molar-refractivity contribution in [2.45, 2.75) is 20.4 Å². The van der Waals surface area contributed by atoms with E-state index in [2.05, 4.69) is 10.5 Å². The van der Waals surface area contributed by atoms with Gasteiger partial charge in [0.2, 0.25) is 0 Å². The molecule has 4 nitrogen and oxygen atoms in total. The maximum absolute atomic E-state index is 14.4. The van der Waals surface area contributed by atoms with E-state index in [0.29, 0.717) is 34.7 Å². The molecular formula is C19H14F2N2O2. The lowest BCUT2D eigenvalue weighted by atomic mass is 9.89. The standard InChI is InChI=1S/C19H14F2N2O2/c1-9-18(10(2)25-23-9)16-5-11-8-22-19(24)14(11)7-15(16)13-4-3-12(20)6-17(13)21/h3-7H,8H2,1-2H3,(H,22,24). The molecule has 2 aromatic carbocycles. The van der Waals surface area contributed by atoms with Crippen LogP contribution in [0.2, 0.25) is 0 Å². The molecule has 1 N–H and O–H groups in total. The summed E-state index contributed by atoms with van der Waals surface area (Å²) in [5, 5.41) is 6.72. The second-order valence-electron chi connectivity index (χ2n) is 6.06. The van der Waals surface area contributed by atoms with Crippen LogP contribution < -0.4 is 5.32 Å². The van der Waals surface area contributed by atoms with E-state index in [1.807, 2.05) is 6.07 Å². The molecule has 1 aliphatic heterocycles. The molecule has 0 spiro atoms. The van der Waals surface area contributed by atoms with E-state index < -0.39 is 11.6 Å². The van der Waals surface area contributed by atoms with Crippen molar-refractivity contribution in [1.29, 1.82) is 0 Å². The summed E-state index contributed by atoms with van der Waals surface area (Å²) in [6, 6.07) is 6.90. The highest BCUT2D eigenvalue weighted by Gasteiger charge is 2.25. The quantitative estimate of drug-likeness (QED) is 0.762. The summed E-state index contributed by atoms with van der Waals surface area (Å²) in [5.74, 6) is -0.951. The molecule has 6 heteroatoms. The molecule has 2 heterocycles. The Morgan fingerprint density at radius 1 is 1.04 bits per heavy atom. The molecule has 0 saturated heterocycles. The fourth-order valence-electron chi connectivity index (χ4n) is 3.28. The Bertz CT molecular complexity index is 1010. The molecule has 0 saturated carbocycles. The van der Waals surface area contributed by atoms with Crippen LogP contribution in [0.5, 0.6) is 0 Å². The predicted octanol–water partition coefficient (Wildman–Crippen LogP) is 4.15. The maximum atomic E-state index is 14.4. The van der Waals surface area contributed by atoms with Gasteiger partial charge in [-0.3, -0.25) is 4.79 Å². The molecule has 1 aromatic heterocycles. The van der Waals surface area contributed by atoms with Gasteiger partial charge in [0.05, 0.1) is 5.69 Å². The van der Waals surface area contributed by atoms with E-state index in [1.165, 1.54) is 12.1 Å². The number of benzene rings is 2. The van der Waals surface area contributed by atoms with Gasteiger partial charge >= 0.3 is 0 Å². The Labute approximate surface area is 142 Å². The largest absolute Gasteiger partial charge is 0.361 e. The van der Waals surface area contributed by atoms with Crippen LogP contribution in [-0.2, 0) is 6.54 Å². The third kappa shape index (κ3) is 2.41. The van der Waals surface area contributed by atoms with E-state index in [0.717, 1.165) is 17.2 Å². The highest BCUT2D eigenvalue weighted by molar-refractivity contribution is 6.01. The predicted molar refractivity (Wildman–Crippen MR) is 87.9 cm³/mol.